The third-order valence-electron chi connectivity index (χ3n) is 4.03. The van der Waals surface area contributed by atoms with Gasteiger partial charge in [0.2, 0.25) is 5.91 Å². The van der Waals surface area contributed by atoms with Gasteiger partial charge in [0.25, 0.3) is 0 Å². The molecule has 0 saturated heterocycles. The number of thioether (sulfide) groups is 1. The van der Waals surface area contributed by atoms with E-state index in [1.54, 1.807) is 11.8 Å². The molecule has 1 aromatic rings. The van der Waals surface area contributed by atoms with Crippen molar-refractivity contribution >= 4 is 33.6 Å². The van der Waals surface area contributed by atoms with E-state index in [-0.39, 0.29) is 11.8 Å². The van der Waals surface area contributed by atoms with Gasteiger partial charge >= 0.3 is 0 Å². The molecule has 1 aliphatic carbocycles. The van der Waals surface area contributed by atoms with Crippen molar-refractivity contribution in [2.24, 2.45) is 0 Å². The molecule has 4 heteroatoms. The molecule has 3 unspecified atom stereocenters. The number of rotatable bonds is 2. The predicted octanol–water partition coefficient (Wildman–Crippen LogP) is 3.70. The topological polar surface area (TPSA) is 29.1 Å². The molecule has 19 heavy (non-hydrogen) atoms. The van der Waals surface area contributed by atoms with Gasteiger partial charge in [-0.15, -0.1) is 11.8 Å². The van der Waals surface area contributed by atoms with Crippen LogP contribution >= 0.6 is 27.7 Å². The number of amides is 1. The number of alkyl halides is 1. The summed E-state index contributed by atoms with van der Waals surface area (Å²) in [6, 6.07) is 8.58. The van der Waals surface area contributed by atoms with Crippen LogP contribution in [0, 0.1) is 0 Å². The molecule has 2 aliphatic rings. The Labute approximate surface area is 126 Å². The minimum absolute atomic E-state index is 0.0304. The fraction of sp³-hybridized carbons (Fsp3) is 0.533. The highest BCUT2D eigenvalue weighted by Gasteiger charge is 2.32. The van der Waals surface area contributed by atoms with Crippen molar-refractivity contribution in [1.82, 2.24) is 5.32 Å². The molecule has 0 aromatic heterocycles. The lowest BCUT2D eigenvalue weighted by molar-refractivity contribution is -0.122. The molecular formula is C15H18BrNOS. The van der Waals surface area contributed by atoms with Crippen LogP contribution in [0.15, 0.2) is 29.2 Å². The smallest absolute Gasteiger partial charge is 0.228 e. The van der Waals surface area contributed by atoms with Crippen LogP contribution in [0.25, 0.3) is 0 Å². The van der Waals surface area contributed by atoms with Gasteiger partial charge in [0.15, 0.2) is 0 Å². The predicted molar refractivity (Wildman–Crippen MR) is 83.0 cm³/mol. The maximum atomic E-state index is 12.5. The van der Waals surface area contributed by atoms with E-state index in [1.807, 2.05) is 12.1 Å². The molecule has 1 amide bonds. The standard InChI is InChI=1S/C15H18BrNOS/c16-12-6-2-3-7-13(12)17-15(18)11-9-19-14-8-4-1-5-10(11)14/h1,4-5,8,11-13H,2-3,6-7,9H2,(H,17,18). The Morgan fingerprint density at radius 3 is 2.89 bits per heavy atom. The zero-order valence-corrected chi connectivity index (χ0v) is 13.2. The molecule has 1 N–H and O–H groups in total. The highest BCUT2D eigenvalue weighted by Crippen LogP contribution is 2.39. The van der Waals surface area contributed by atoms with Crippen molar-refractivity contribution in [1.29, 1.82) is 0 Å². The second-order valence-corrected chi connectivity index (χ2v) is 7.55. The van der Waals surface area contributed by atoms with Crippen molar-refractivity contribution in [3.05, 3.63) is 29.8 Å². The van der Waals surface area contributed by atoms with Crippen LogP contribution in [0.1, 0.15) is 37.2 Å². The lowest BCUT2D eigenvalue weighted by Gasteiger charge is -2.29. The van der Waals surface area contributed by atoms with Gasteiger partial charge in [-0.05, 0) is 24.5 Å². The Kier molecular flexibility index (Phi) is 4.18. The minimum atomic E-state index is 0.0304. The summed E-state index contributed by atoms with van der Waals surface area (Å²) in [6.07, 6.45) is 4.76. The average molecular weight is 340 g/mol. The SMILES string of the molecule is O=C(NC1CCCCC1Br)C1CSc2ccccc21. The summed E-state index contributed by atoms with van der Waals surface area (Å²) in [6.45, 7) is 0. The van der Waals surface area contributed by atoms with Crippen molar-refractivity contribution in [2.45, 2.75) is 47.4 Å². The highest BCUT2D eigenvalue weighted by atomic mass is 79.9. The monoisotopic (exact) mass is 339 g/mol. The van der Waals surface area contributed by atoms with Gasteiger partial charge < -0.3 is 5.32 Å². The Morgan fingerprint density at radius 1 is 1.26 bits per heavy atom. The van der Waals surface area contributed by atoms with Crippen molar-refractivity contribution in [3.63, 3.8) is 0 Å². The van der Waals surface area contributed by atoms with Crippen LogP contribution in [0.4, 0.5) is 0 Å². The third kappa shape index (κ3) is 2.84. The number of hydrogen-bond donors (Lipinski definition) is 1. The summed E-state index contributed by atoms with van der Waals surface area (Å²) in [5.41, 5.74) is 1.20. The van der Waals surface area contributed by atoms with Gasteiger partial charge in [-0.1, -0.05) is 47.0 Å². The van der Waals surface area contributed by atoms with E-state index in [2.05, 4.69) is 33.4 Å². The lowest BCUT2D eigenvalue weighted by Crippen LogP contribution is -2.44. The second kappa shape index (κ2) is 5.88. The number of fused-ring (bicyclic) bond motifs is 1. The first-order chi connectivity index (χ1) is 9.25. The number of carbonyl (C=O) groups is 1. The van der Waals surface area contributed by atoms with E-state index < -0.39 is 0 Å². The molecule has 1 aliphatic heterocycles. The Balaban J connectivity index is 1.68. The van der Waals surface area contributed by atoms with Crippen LogP contribution < -0.4 is 5.32 Å². The summed E-state index contributed by atoms with van der Waals surface area (Å²) in [5.74, 6) is 1.11. The molecule has 0 radical (unpaired) electrons. The average Bonchev–Trinajstić information content (AvgIpc) is 2.85. The third-order valence-corrected chi connectivity index (χ3v) is 6.30. The number of hydrogen-bond acceptors (Lipinski definition) is 2. The fourth-order valence-electron chi connectivity index (χ4n) is 2.91. The van der Waals surface area contributed by atoms with E-state index in [0.717, 1.165) is 12.2 Å². The van der Waals surface area contributed by atoms with Gasteiger partial charge in [-0.3, -0.25) is 4.79 Å². The normalized spacial score (nSPS) is 29.8. The molecule has 1 saturated carbocycles. The van der Waals surface area contributed by atoms with Crippen LogP contribution in [0.3, 0.4) is 0 Å². The fourth-order valence-corrected chi connectivity index (χ4v) is 4.86. The first kappa shape index (κ1) is 13.5. The maximum Gasteiger partial charge on any atom is 0.228 e. The summed E-state index contributed by atoms with van der Waals surface area (Å²) >= 11 is 5.50. The van der Waals surface area contributed by atoms with Crippen molar-refractivity contribution in [3.8, 4) is 0 Å². The number of benzene rings is 1. The molecule has 0 bridgehead atoms. The van der Waals surface area contributed by atoms with Crippen LogP contribution in [-0.2, 0) is 4.79 Å². The van der Waals surface area contributed by atoms with Crippen molar-refractivity contribution < 1.29 is 4.79 Å². The molecule has 3 atom stereocenters. The summed E-state index contributed by atoms with van der Waals surface area (Å²) < 4.78 is 0. The minimum Gasteiger partial charge on any atom is -0.352 e. The van der Waals surface area contributed by atoms with Crippen LogP contribution in [-0.4, -0.2) is 22.5 Å². The van der Waals surface area contributed by atoms with Crippen molar-refractivity contribution in [2.75, 3.05) is 5.75 Å². The van der Waals surface area contributed by atoms with Gasteiger partial charge in [-0.2, -0.15) is 0 Å². The molecule has 102 valence electrons. The molecule has 1 fully saturated rings. The first-order valence-corrected chi connectivity index (χ1v) is 8.82. The summed E-state index contributed by atoms with van der Waals surface area (Å²) in [4.78, 5) is 14.2. The summed E-state index contributed by atoms with van der Waals surface area (Å²) in [5, 5.41) is 3.25. The summed E-state index contributed by atoms with van der Waals surface area (Å²) in [7, 11) is 0. The number of halogens is 1. The van der Waals surface area contributed by atoms with E-state index in [1.165, 1.54) is 29.7 Å². The zero-order chi connectivity index (χ0) is 13.2. The van der Waals surface area contributed by atoms with E-state index in [0.29, 0.717) is 10.9 Å². The molecule has 1 aromatic carbocycles. The lowest BCUT2D eigenvalue weighted by atomic mass is 9.94. The van der Waals surface area contributed by atoms with E-state index in [4.69, 9.17) is 0 Å². The Hall–Kier alpha value is -0.480. The van der Waals surface area contributed by atoms with E-state index in [9.17, 15) is 4.79 Å². The number of carbonyl (C=O) groups excluding carboxylic acids is 1. The second-order valence-electron chi connectivity index (χ2n) is 5.32. The van der Waals surface area contributed by atoms with Crippen LogP contribution in [0.2, 0.25) is 0 Å². The molecule has 2 nitrogen and oxygen atoms in total. The largest absolute Gasteiger partial charge is 0.352 e. The molecule has 1 heterocycles. The molecule has 0 spiro atoms. The van der Waals surface area contributed by atoms with Gasteiger partial charge in [0.1, 0.15) is 0 Å². The maximum absolute atomic E-state index is 12.5. The van der Waals surface area contributed by atoms with Gasteiger partial charge in [0, 0.05) is 21.5 Å². The zero-order valence-electron chi connectivity index (χ0n) is 10.8. The van der Waals surface area contributed by atoms with Crippen LogP contribution in [0.5, 0.6) is 0 Å². The molecular weight excluding hydrogens is 322 g/mol. The Bertz CT molecular complexity index is 479. The highest BCUT2D eigenvalue weighted by molar-refractivity contribution is 9.09. The number of nitrogens with one attached hydrogen (secondary N) is 1. The quantitative estimate of drug-likeness (QED) is 0.832. The Morgan fingerprint density at radius 2 is 2.05 bits per heavy atom. The van der Waals surface area contributed by atoms with Gasteiger partial charge in [0.05, 0.1) is 5.92 Å². The first-order valence-electron chi connectivity index (χ1n) is 6.92. The van der Waals surface area contributed by atoms with Gasteiger partial charge in [-0.25, -0.2) is 0 Å². The molecule has 3 rings (SSSR count). The van der Waals surface area contributed by atoms with E-state index >= 15 is 0 Å².